The Morgan fingerprint density at radius 2 is 2.04 bits per heavy atom. The van der Waals surface area contributed by atoms with Crippen LogP contribution in [0.4, 0.5) is 5.95 Å². The number of ether oxygens (including phenoxy) is 2. The molecule has 3 N–H and O–H groups in total. The topological polar surface area (TPSA) is 95.2 Å². The molecule has 0 atom stereocenters. The molecule has 0 aliphatic carbocycles. The fraction of sp³-hybridized carbons (Fsp3) is 0.368. The van der Waals surface area contributed by atoms with Gasteiger partial charge in [0.2, 0.25) is 5.95 Å². The standard InChI is InChI=1S/C19H22N4O3/c20-19-22-15(5-3-13-2-4-14-6-7-21-16(14)10-13)11-17(24)23(19)12-18-25-8-1-9-26-18/h2,4,6-7,10-11,18,21H,1,3,5,8-9,12H2,(H2,20,22). The van der Waals surface area contributed by atoms with E-state index in [9.17, 15) is 4.79 Å². The van der Waals surface area contributed by atoms with Crippen molar-refractivity contribution in [1.82, 2.24) is 14.5 Å². The highest BCUT2D eigenvalue weighted by atomic mass is 16.7. The van der Waals surface area contributed by atoms with Crippen LogP contribution < -0.4 is 11.3 Å². The number of anilines is 1. The molecule has 3 aromatic rings. The number of hydrogen-bond donors (Lipinski definition) is 2. The van der Waals surface area contributed by atoms with Gasteiger partial charge in [0.15, 0.2) is 6.29 Å². The van der Waals surface area contributed by atoms with Gasteiger partial charge in [-0.05, 0) is 42.3 Å². The number of nitrogens with one attached hydrogen (secondary N) is 1. The van der Waals surface area contributed by atoms with E-state index in [1.165, 1.54) is 15.5 Å². The van der Waals surface area contributed by atoms with Crippen LogP contribution in [0.1, 0.15) is 17.7 Å². The van der Waals surface area contributed by atoms with Crippen molar-refractivity contribution in [2.75, 3.05) is 18.9 Å². The average Bonchev–Trinajstić information content (AvgIpc) is 3.12. The summed E-state index contributed by atoms with van der Waals surface area (Å²) in [5.41, 5.74) is 8.82. The number of nitrogen functional groups attached to an aromatic ring is 1. The zero-order valence-corrected chi connectivity index (χ0v) is 14.5. The largest absolute Gasteiger partial charge is 0.369 e. The van der Waals surface area contributed by atoms with Gasteiger partial charge in [0.05, 0.1) is 25.5 Å². The molecule has 1 saturated heterocycles. The van der Waals surface area contributed by atoms with Crippen LogP contribution >= 0.6 is 0 Å². The second-order valence-corrected chi connectivity index (χ2v) is 6.48. The lowest BCUT2D eigenvalue weighted by Crippen LogP contribution is -2.35. The van der Waals surface area contributed by atoms with Crippen molar-refractivity contribution in [1.29, 1.82) is 0 Å². The lowest BCUT2D eigenvalue weighted by Gasteiger charge is -2.24. The third-order valence-electron chi connectivity index (χ3n) is 4.61. The van der Waals surface area contributed by atoms with Crippen molar-refractivity contribution in [3.8, 4) is 0 Å². The first-order valence-electron chi connectivity index (χ1n) is 8.84. The minimum absolute atomic E-state index is 0.176. The molecule has 7 heteroatoms. The molecule has 1 fully saturated rings. The lowest BCUT2D eigenvalue weighted by atomic mass is 10.1. The maximum atomic E-state index is 12.4. The number of hydrogen-bond acceptors (Lipinski definition) is 5. The summed E-state index contributed by atoms with van der Waals surface area (Å²) in [7, 11) is 0. The highest BCUT2D eigenvalue weighted by Gasteiger charge is 2.17. The number of nitrogens with two attached hydrogens (primary N) is 1. The number of aryl methyl sites for hydroxylation is 2. The van der Waals surface area contributed by atoms with E-state index in [2.05, 4.69) is 28.2 Å². The van der Waals surface area contributed by atoms with E-state index < -0.39 is 6.29 Å². The molecule has 0 unspecified atom stereocenters. The normalized spacial score (nSPS) is 15.5. The fourth-order valence-corrected chi connectivity index (χ4v) is 3.20. The zero-order valence-electron chi connectivity index (χ0n) is 14.5. The SMILES string of the molecule is Nc1nc(CCc2ccc3cc[nH]c3c2)cc(=O)n1CC1OCCCO1. The number of rotatable bonds is 5. The molecule has 0 spiro atoms. The van der Waals surface area contributed by atoms with Gasteiger partial charge in [-0.25, -0.2) is 4.98 Å². The van der Waals surface area contributed by atoms with E-state index in [1.54, 1.807) is 6.07 Å². The highest BCUT2D eigenvalue weighted by molar-refractivity contribution is 5.79. The molecule has 7 nitrogen and oxygen atoms in total. The van der Waals surface area contributed by atoms with Crippen molar-refractivity contribution in [2.45, 2.75) is 32.1 Å². The Hall–Kier alpha value is -2.64. The van der Waals surface area contributed by atoms with Gasteiger partial charge in [-0.15, -0.1) is 0 Å². The smallest absolute Gasteiger partial charge is 0.255 e. The Bertz CT molecular complexity index is 957. The molecule has 3 heterocycles. The van der Waals surface area contributed by atoms with Crippen LogP contribution in [0.25, 0.3) is 10.9 Å². The number of nitrogens with zero attached hydrogens (tertiary/aromatic N) is 2. The minimum atomic E-state index is -0.441. The van der Waals surface area contributed by atoms with E-state index in [-0.39, 0.29) is 18.1 Å². The lowest BCUT2D eigenvalue weighted by molar-refractivity contribution is -0.184. The summed E-state index contributed by atoms with van der Waals surface area (Å²) in [5, 5.41) is 1.19. The van der Waals surface area contributed by atoms with Gasteiger partial charge in [0.1, 0.15) is 0 Å². The quantitative estimate of drug-likeness (QED) is 0.729. The summed E-state index contributed by atoms with van der Waals surface area (Å²) in [6.45, 7) is 1.54. The molecule has 0 bridgehead atoms. The van der Waals surface area contributed by atoms with Crippen LogP contribution in [-0.4, -0.2) is 34.0 Å². The van der Waals surface area contributed by atoms with Crippen molar-refractivity contribution in [3.63, 3.8) is 0 Å². The molecule has 26 heavy (non-hydrogen) atoms. The second kappa shape index (κ2) is 7.31. The summed E-state index contributed by atoms with van der Waals surface area (Å²) in [4.78, 5) is 20.0. The van der Waals surface area contributed by atoms with Gasteiger partial charge >= 0.3 is 0 Å². The molecule has 136 valence electrons. The van der Waals surface area contributed by atoms with Gasteiger partial charge in [0, 0.05) is 17.8 Å². The first-order chi connectivity index (χ1) is 12.7. The first-order valence-corrected chi connectivity index (χ1v) is 8.84. The Morgan fingerprint density at radius 3 is 2.85 bits per heavy atom. The van der Waals surface area contributed by atoms with Crippen LogP contribution in [-0.2, 0) is 28.9 Å². The predicted octanol–water partition coefficient (Wildman–Crippen LogP) is 1.85. The number of H-pyrrole nitrogens is 1. The molecule has 0 saturated carbocycles. The van der Waals surface area contributed by atoms with Crippen LogP contribution in [0.15, 0.2) is 41.3 Å². The number of fused-ring (bicyclic) bond motifs is 1. The Balaban J connectivity index is 1.45. The summed E-state index contributed by atoms with van der Waals surface area (Å²) < 4.78 is 12.4. The monoisotopic (exact) mass is 354 g/mol. The summed E-state index contributed by atoms with van der Waals surface area (Å²) in [6.07, 6.45) is 3.80. The first kappa shape index (κ1) is 16.8. The van der Waals surface area contributed by atoms with Crippen molar-refractivity contribution >= 4 is 16.9 Å². The van der Waals surface area contributed by atoms with E-state index >= 15 is 0 Å². The van der Waals surface area contributed by atoms with Gasteiger partial charge < -0.3 is 20.2 Å². The van der Waals surface area contributed by atoms with Crippen LogP contribution in [0.2, 0.25) is 0 Å². The minimum Gasteiger partial charge on any atom is -0.369 e. The Kier molecular flexibility index (Phi) is 4.73. The summed E-state index contributed by atoms with van der Waals surface area (Å²) in [5.74, 6) is 0.199. The summed E-state index contributed by atoms with van der Waals surface area (Å²) in [6, 6.07) is 9.90. The van der Waals surface area contributed by atoms with Crippen LogP contribution in [0, 0.1) is 0 Å². The molecule has 4 rings (SSSR count). The van der Waals surface area contributed by atoms with Crippen molar-refractivity contribution in [3.05, 3.63) is 58.1 Å². The Labute approximate surface area is 150 Å². The third-order valence-corrected chi connectivity index (χ3v) is 4.61. The molecular formula is C19H22N4O3. The average molecular weight is 354 g/mol. The Morgan fingerprint density at radius 1 is 1.19 bits per heavy atom. The number of aromatic amines is 1. The molecule has 0 radical (unpaired) electrons. The molecular weight excluding hydrogens is 332 g/mol. The van der Waals surface area contributed by atoms with Gasteiger partial charge in [-0.2, -0.15) is 0 Å². The maximum Gasteiger partial charge on any atom is 0.255 e. The fourth-order valence-electron chi connectivity index (χ4n) is 3.20. The van der Waals surface area contributed by atoms with Gasteiger partial charge in [-0.1, -0.05) is 12.1 Å². The van der Waals surface area contributed by atoms with Crippen LogP contribution in [0.5, 0.6) is 0 Å². The van der Waals surface area contributed by atoms with E-state index in [0.29, 0.717) is 25.3 Å². The van der Waals surface area contributed by atoms with E-state index in [0.717, 1.165) is 18.4 Å². The van der Waals surface area contributed by atoms with E-state index in [4.69, 9.17) is 15.2 Å². The summed E-state index contributed by atoms with van der Waals surface area (Å²) >= 11 is 0. The molecule has 1 aromatic carbocycles. The molecule has 0 amide bonds. The highest BCUT2D eigenvalue weighted by Crippen LogP contribution is 2.16. The molecule has 1 aliphatic rings. The third kappa shape index (κ3) is 3.63. The zero-order chi connectivity index (χ0) is 17.9. The number of aromatic nitrogens is 3. The maximum absolute atomic E-state index is 12.4. The second-order valence-electron chi connectivity index (χ2n) is 6.48. The van der Waals surface area contributed by atoms with Crippen molar-refractivity contribution in [2.24, 2.45) is 0 Å². The number of benzene rings is 1. The van der Waals surface area contributed by atoms with Gasteiger partial charge in [-0.3, -0.25) is 9.36 Å². The van der Waals surface area contributed by atoms with Gasteiger partial charge in [0.25, 0.3) is 5.56 Å². The molecule has 1 aliphatic heterocycles. The van der Waals surface area contributed by atoms with Crippen LogP contribution in [0.3, 0.4) is 0 Å². The molecule has 2 aromatic heterocycles. The predicted molar refractivity (Wildman–Crippen MR) is 98.9 cm³/mol. The van der Waals surface area contributed by atoms with E-state index in [1.807, 2.05) is 12.3 Å². The van der Waals surface area contributed by atoms with Crippen molar-refractivity contribution < 1.29 is 9.47 Å².